The van der Waals surface area contributed by atoms with E-state index in [2.05, 4.69) is 25.6 Å². The second kappa shape index (κ2) is 9.84. The highest BCUT2D eigenvalue weighted by atomic mass is 16.3. The van der Waals surface area contributed by atoms with E-state index >= 15 is 0 Å². The molecule has 0 saturated heterocycles. The summed E-state index contributed by atoms with van der Waals surface area (Å²) in [5.41, 5.74) is 2.68. The van der Waals surface area contributed by atoms with Crippen molar-refractivity contribution < 1.29 is 9.59 Å². The van der Waals surface area contributed by atoms with E-state index in [4.69, 9.17) is 15.6 Å². The van der Waals surface area contributed by atoms with E-state index in [1.54, 1.807) is 6.92 Å². The van der Waals surface area contributed by atoms with Gasteiger partial charge in [-0.05, 0) is 32.4 Å². The number of aliphatic hydroxyl groups excluding tert-OH is 1. The summed E-state index contributed by atoms with van der Waals surface area (Å²) in [4.78, 5) is 2.09. The number of quaternary nitrogens is 1. The fraction of sp³-hybridized carbons (Fsp3) is 0.556. The molecule has 0 aliphatic heterocycles. The van der Waals surface area contributed by atoms with Gasteiger partial charge in [0, 0.05) is 24.4 Å². The summed E-state index contributed by atoms with van der Waals surface area (Å²) in [6.07, 6.45) is 2.81. The lowest BCUT2D eigenvalue weighted by molar-refractivity contribution is -0.890. The van der Waals surface area contributed by atoms with E-state index in [1.807, 2.05) is 32.1 Å². The van der Waals surface area contributed by atoms with Crippen LogP contribution in [-0.2, 0) is 0 Å². The highest BCUT2D eigenvalue weighted by molar-refractivity contribution is 5.44. The van der Waals surface area contributed by atoms with Crippen molar-refractivity contribution in [1.82, 2.24) is 4.90 Å². The average molecular weight is 317 g/mol. The Morgan fingerprint density at radius 2 is 1.74 bits per heavy atom. The van der Waals surface area contributed by atoms with Crippen molar-refractivity contribution in [2.75, 3.05) is 40.3 Å². The molecule has 0 aromatic rings. The van der Waals surface area contributed by atoms with Crippen molar-refractivity contribution in [3.63, 3.8) is 0 Å². The summed E-state index contributed by atoms with van der Waals surface area (Å²) < 4.78 is 0.773. The van der Waals surface area contributed by atoms with Crippen LogP contribution in [0, 0.1) is 22.7 Å². The number of aliphatic hydroxyl groups is 1. The highest BCUT2D eigenvalue weighted by Gasteiger charge is 2.15. The molecule has 0 aliphatic rings. The zero-order valence-corrected chi connectivity index (χ0v) is 15.1. The maximum atomic E-state index is 9.08. The van der Waals surface area contributed by atoms with Gasteiger partial charge in [-0.2, -0.15) is 10.5 Å². The Balaban J connectivity index is 5.02. The number of rotatable bonds is 9. The lowest BCUT2D eigenvalue weighted by atomic mass is 10.1. The van der Waals surface area contributed by atoms with Gasteiger partial charge in [-0.15, -0.1) is 0 Å². The molecule has 0 radical (unpaired) electrons. The first-order valence-electron chi connectivity index (χ1n) is 7.73. The minimum absolute atomic E-state index is 0.131. The number of hydrogen-bond donors (Lipinski definition) is 1. The number of likely N-dealkylation sites (N-methyl/N-ethyl adjacent to an activating group) is 1. The van der Waals surface area contributed by atoms with Crippen molar-refractivity contribution in [2.24, 2.45) is 0 Å². The zero-order chi connectivity index (χ0) is 18.0. The summed E-state index contributed by atoms with van der Waals surface area (Å²) in [7, 11) is 4.20. The van der Waals surface area contributed by atoms with Gasteiger partial charge in [-0.1, -0.05) is 6.58 Å². The molecule has 23 heavy (non-hydrogen) atoms. The molecule has 0 bridgehead atoms. The third-order valence-electron chi connectivity index (χ3n) is 3.78. The summed E-state index contributed by atoms with van der Waals surface area (Å²) in [6.45, 7) is 12.4. The average Bonchev–Trinajstić information content (AvgIpc) is 2.44. The predicted molar refractivity (Wildman–Crippen MR) is 92.7 cm³/mol. The first kappa shape index (κ1) is 20.9. The van der Waals surface area contributed by atoms with Crippen LogP contribution in [0.4, 0.5) is 0 Å². The van der Waals surface area contributed by atoms with Crippen LogP contribution in [0.15, 0.2) is 35.2 Å². The molecule has 0 aromatic carbocycles. The van der Waals surface area contributed by atoms with E-state index in [9.17, 15) is 0 Å². The minimum Gasteiger partial charge on any atom is -0.391 e. The molecule has 126 valence electrons. The maximum absolute atomic E-state index is 9.08. The Labute approximate surface area is 140 Å². The zero-order valence-electron chi connectivity index (χ0n) is 15.1. The maximum Gasteiger partial charge on any atom is 0.132 e. The second-order valence-electron chi connectivity index (χ2n) is 6.41. The summed E-state index contributed by atoms with van der Waals surface area (Å²) in [5.74, 6) is 0. The van der Waals surface area contributed by atoms with Gasteiger partial charge in [-0.3, -0.25) is 0 Å². The van der Waals surface area contributed by atoms with Crippen LogP contribution in [0.1, 0.15) is 27.2 Å². The predicted octanol–water partition coefficient (Wildman–Crippen LogP) is 2.55. The molecule has 5 heteroatoms. The molecule has 0 rings (SSSR count). The number of hydrogen-bond acceptors (Lipinski definition) is 4. The molecule has 1 N–H and O–H groups in total. The monoisotopic (exact) mass is 317 g/mol. The quantitative estimate of drug-likeness (QED) is 0.403. The molecular weight excluding hydrogens is 288 g/mol. The van der Waals surface area contributed by atoms with Crippen LogP contribution in [0.2, 0.25) is 0 Å². The van der Waals surface area contributed by atoms with E-state index in [0.29, 0.717) is 5.57 Å². The third kappa shape index (κ3) is 7.65. The molecule has 0 heterocycles. The van der Waals surface area contributed by atoms with Gasteiger partial charge in [0.2, 0.25) is 0 Å². The molecule has 0 aliphatic carbocycles. The number of nitriles is 2. The summed E-state index contributed by atoms with van der Waals surface area (Å²) in [5, 5.41) is 26.9. The van der Waals surface area contributed by atoms with Crippen molar-refractivity contribution in [3.05, 3.63) is 35.2 Å². The fourth-order valence-electron chi connectivity index (χ4n) is 2.37. The molecule has 5 nitrogen and oxygen atoms in total. The topological polar surface area (TPSA) is 71.0 Å². The van der Waals surface area contributed by atoms with Crippen LogP contribution >= 0.6 is 0 Å². The van der Waals surface area contributed by atoms with Crippen LogP contribution in [0.3, 0.4) is 0 Å². The fourth-order valence-corrected chi connectivity index (χ4v) is 2.37. The Kier molecular flexibility index (Phi) is 8.95. The van der Waals surface area contributed by atoms with Crippen LogP contribution in [0.25, 0.3) is 0 Å². The molecule has 0 fully saturated rings. The van der Waals surface area contributed by atoms with Crippen molar-refractivity contribution in [1.29, 1.82) is 10.5 Å². The van der Waals surface area contributed by atoms with Crippen molar-refractivity contribution in [2.45, 2.75) is 27.2 Å². The summed E-state index contributed by atoms with van der Waals surface area (Å²) >= 11 is 0. The molecule has 0 saturated carbocycles. The van der Waals surface area contributed by atoms with E-state index < -0.39 is 0 Å². The lowest BCUT2D eigenvalue weighted by Gasteiger charge is -2.31. The Bertz CT molecular complexity index is 543. The van der Waals surface area contributed by atoms with Gasteiger partial charge in [-0.25, -0.2) is 0 Å². The molecule has 0 unspecified atom stereocenters. The summed E-state index contributed by atoms with van der Waals surface area (Å²) in [6, 6.07) is 3.82. The first-order valence-corrected chi connectivity index (χ1v) is 7.73. The number of allylic oxidation sites excluding steroid dienone is 5. The Hall–Kier alpha value is -2.08. The smallest absolute Gasteiger partial charge is 0.132 e. The molecule has 0 amide bonds. The first-order chi connectivity index (χ1) is 10.7. The molecule has 0 aromatic heterocycles. The van der Waals surface area contributed by atoms with Crippen molar-refractivity contribution in [3.8, 4) is 12.1 Å². The highest BCUT2D eigenvalue weighted by Crippen LogP contribution is 2.16. The standard InChI is InChI=1S/C18H29N4O/c1-15(2)21(8-7-9-22(5,6)10-11-23)17(4)12-16(3)18(13-19)14-20/h12,23H,1,7-11H2,2-6H3/q+1/b17-12-. The van der Waals surface area contributed by atoms with E-state index in [1.165, 1.54) is 0 Å². The van der Waals surface area contributed by atoms with E-state index in [-0.39, 0.29) is 12.2 Å². The molecular formula is C18H29N4O+. The van der Waals surface area contributed by atoms with Gasteiger partial charge < -0.3 is 14.5 Å². The largest absolute Gasteiger partial charge is 0.391 e. The van der Waals surface area contributed by atoms with E-state index in [0.717, 1.165) is 41.9 Å². The van der Waals surface area contributed by atoms with Gasteiger partial charge in [0.15, 0.2) is 0 Å². The van der Waals surface area contributed by atoms with Gasteiger partial charge in [0.25, 0.3) is 0 Å². The Morgan fingerprint density at radius 1 is 1.17 bits per heavy atom. The van der Waals surface area contributed by atoms with Crippen LogP contribution < -0.4 is 0 Å². The minimum atomic E-state index is 0.131. The van der Waals surface area contributed by atoms with Gasteiger partial charge >= 0.3 is 0 Å². The Morgan fingerprint density at radius 3 is 2.17 bits per heavy atom. The van der Waals surface area contributed by atoms with Crippen molar-refractivity contribution >= 4 is 0 Å². The lowest BCUT2D eigenvalue weighted by Crippen LogP contribution is -2.43. The number of nitrogens with zero attached hydrogens (tertiary/aromatic N) is 4. The molecule has 0 atom stereocenters. The van der Waals surface area contributed by atoms with Crippen LogP contribution in [0.5, 0.6) is 0 Å². The second-order valence-corrected chi connectivity index (χ2v) is 6.41. The van der Waals surface area contributed by atoms with Gasteiger partial charge in [0.05, 0.1) is 27.2 Å². The molecule has 0 spiro atoms. The SMILES string of the molecule is C=C(C)N(CCC[N+](C)(C)CCO)/C(C)=C\C(C)=C(C#N)C#N. The third-order valence-corrected chi connectivity index (χ3v) is 3.78. The van der Waals surface area contributed by atoms with Gasteiger partial charge in [0.1, 0.15) is 24.3 Å². The van der Waals surface area contributed by atoms with Crippen LogP contribution in [-0.4, -0.2) is 54.8 Å². The normalized spacial score (nSPS) is 11.4.